The van der Waals surface area contributed by atoms with Crippen LogP contribution in [0.4, 0.5) is 10.7 Å². The zero-order valence-corrected chi connectivity index (χ0v) is 12.1. The molecule has 7 heteroatoms. The van der Waals surface area contributed by atoms with E-state index in [1.807, 2.05) is 12.1 Å². The van der Waals surface area contributed by atoms with Crippen LogP contribution in [0, 0.1) is 0 Å². The number of thiophene rings is 1. The van der Waals surface area contributed by atoms with Crippen molar-refractivity contribution in [3.8, 4) is 0 Å². The summed E-state index contributed by atoms with van der Waals surface area (Å²) in [7, 11) is 0. The van der Waals surface area contributed by atoms with Crippen LogP contribution < -0.4 is 16.8 Å². The predicted octanol–water partition coefficient (Wildman–Crippen LogP) is 2.16. The number of hydrogen-bond donors (Lipinski definition) is 3. The molecule has 5 nitrogen and oxygen atoms in total. The topological polar surface area (TPSA) is 98.2 Å². The van der Waals surface area contributed by atoms with E-state index in [9.17, 15) is 9.59 Å². The maximum Gasteiger partial charge on any atom is 0.251 e. The van der Waals surface area contributed by atoms with Crippen LogP contribution >= 0.6 is 23.1 Å². The van der Waals surface area contributed by atoms with Gasteiger partial charge in [-0.2, -0.15) is 0 Å². The lowest BCUT2D eigenvalue weighted by Gasteiger charge is -2.05. The Hall–Kier alpha value is -1.99. The maximum atomic E-state index is 11.8. The molecule has 104 valence electrons. The SMILES string of the molecule is NC(=O)c1ccsc1NC(=O)CSc1cccc(N)c1. The molecule has 0 aliphatic heterocycles. The van der Waals surface area contributed by atoms with Crippen LogP contribution in [0.3, 0.4) is 0 Å². The average Bonchev–Trinajstić information content (AvgIpc) is 2.85. The number of nitrogen functional groups attached to an aromatic ring is 1. The first-order valence-corrected chi connectivity index (χ1v) is 7.58. The summed E-state index contributed by atoms with van der Waals surface area (Å²) in [6.07, 6.45) is 0. The molecule has 0 spiro atoms. The molecule has 0 fully saturated rings. The third-order valence-electron chi connectivity index (χ3n) is 2.41. The zero-order chi connectivity index (χ0) is 14.5. The van der Waals surface area contributed by atoms with E-state index in [1.54, 1.807) is 23.6 Å². The van der Waals surface area contributed by atoms with Gasteiger partial charge in [-0.05, 0) is 29.6 Å². The first-order valence-electron chi connectivity index (χ1n) is 5.72. The fourth-order valence-corrected chi connectivity index (χ4v) is 3.09. The molecule has 0 atom stereocenters. The number of nitrogens with two attached hydrogens (primary N) is 2. The van der Waals surface area contributed by atoms with Gasteiger partial charge in [-0.1, -0.05) is 6.07 Å². The van der Waals surface area contributed by atoms with Gasteiger partial charge < -0.3 is 16.8 Å². The standard InChI is InChI=1S/C13H13N3O2S2/c14-8-2-1-3-9(6-8)20-7-11(17)16-13-10(12(15)18)4-5-19-13/h1-6H,7,14H2,(H2,15,18)(H,16,17). The summed E-state index contributed by atoms with van der Waals surface area (Å²) >= 11 is 2.64. The highest BCUT2D eigenvalue weighted by Gasteiger charge is 2.12. The van der Waals surface area contributed by atoms with Crippen molar-refractivity contribution in [2.24, 2.45) is 5.73 Å². The molecule has 2 aromatic rings. The smallest absolute Gasteiger partial charge is 0.251 e. The lowest BCUT2D eigenvalue weighted by atomic mass is 10.3. The van der Waals surface area contributed by atoms with Gasteiger partial charge in [0.25, 0.3) is 5.91 Å². The number of carbonyl (C=O) groups is 2. The zero-order valence-electron chi connectivity index (χ0n) is 10.5. The van der Waals surface area contributed by atoms with Gasteiger partial charge in [0.15, 0.2) is 0 Å². The van der Waals surface area contributed by atoms with E-state index in [1.165, 1.54) is 23.1 Å². The lowest BCUT2D eigenvalue weighted by molar-refractivity contribution is -0.113. The number of carbonyl (C=O) groups excluding carboxylic acids is 2. The summed E-state index contributed by atoms with van der Waals surface area (Å²) in [5, 5.41) is 4.87. The number of thioether (sulfide) groups is 1. The van der Waals surface area contributed by atoms with Crippen LogP contribution in [-0.2, 0) is 4.79 Å². The van der Waals surface area contributed by atoms with Crippen molar-refractivity contribution in [3.05, 3.63) is 41.3 Å². The minimum absolute atomic E-state index is 0.192. The first kappa shape index (κ1) is 14.4. The largest absolute Gasteiger partial charge is 0.399 e. The molecule has 0 saturated carbocycles. The average molecular weight is 307 g/mol. The molecule has 2 rings (SSSR count). The Balaban J connectivity index is 1.93. The molecule has 0 aliphatic rings. The Morgan fingerprint density at radius 1 is 1.30 bits per heavy atom. The molecule has 0 radical (unpaired) electrons. The number of amides is 2. The van der Waals surface area contributed by atoms with Gasteiger partial charge in [0.1, 0.15) is 5.00 Å². The Labute approximate surface area is 124 Å². The highest BCUT2D eigenvalue weighted by atomic mass is 32.2. The van der Waals surface area contributed by atoms with Gasteiger partial charge in [-0.3, -0.25) is 9.59 Å². The normalized spacial score (nSPS) is 10.2. The highest BCUT2D eigenvalue weighted by Crippen LogP contribution is 2.24. The summed E-state index contributed by atoms with van der Waals surface area (Å²) in [5.41, 5.74) is 11.9. The van der Waals surface area contributed by atoms with Gasteiger partial charge in [-0.25, -0.2) is 0 Å². The second kappa shape index (κ2) is 6.44. The third kappa shape index (κ3) is 3.75. The summed E-state index contributed by atoms with van der Waals surface area (Å²) in [4.78, 5) is 23.9. The molecule has 20 heavy (non-hydrogen) atoms. The Bertz CT molecular complexity index is 640. The van der Waals surface area contributed by atoms with Crippen molar-refractivity contribution < 1.29 is 9.59 Å². The number of hydrogen-bond acceptors (Lipinski definition) is 5. The van der Waals surface area contributed by atoms with Crippen molar-refractivity contribution in [3.63, 3.8) is 0 Å². The van der Waals surface area contributed by atoms with E-state index >= 15 is 0 Å². The molecule has 0 saturated heterocycles. The quantitative estimate of drug-likeness (QED) is 0.582. The van der Waals surface area contributed by atoms with Crippen LogP contribution in [0.5, 0.6) is 0 Å². The van der Waals surface area contributed by atoms with Gasteiger partial charge in [0, 0.05) is 10.6 Å². The second-order valence-corrected chi connectivity index (χ2v) is 5.90. The van der Waals surface area contributed by atoms with Crippen LogP contribution in [-0.4, -0.2) is 17.6 Å². The van der Waals surface area contributed by atoms with Crippen LogP contribution in [0.25, 0.3) is 0 Å². The van der Waals surface area contributed by atoms with E-state index < -0.39 is 5.91 Å². The Morgan fingerprint density at radius 2 is 2.10 bits per heavy atom. The highest BCUT2D eigenvalue weighted by molar-refractivity contribution is 8.00. The molecule has 2 amide bonds. The minimum atomic E-state index is -0.551. The molecule has 0 aliphatic carbocycles. The summed E-state index contributed by atoms with van der Waals surface area (Å²) in [5.74, 6) is -0.507. The molecule has 1 aromatic carbocycles. The molecule has 1 heterocycles. The molecular formula is C13H13N3O2S2. The fourth-order valence-electron chi connectivity index (χ4n) is 1.52. The van der Waals surface area contributed by atoms with E-state index in [0.717, 1.165) is 4.90 Å². The molecule has 0 bridgehead atoms. The van der Waals surface area contributed by atoms with Crippen molar-refractivity contribution in [1.29, 1.82) is 0 Å². The van der Waals surface area contributed by atoms with Gasteiger partial charge in [0.05, 0.1) is 11.3 Å². The first-order chi connectivity index (χ1) is 9.56. The van der Waals surface area contributed by atoms with E-state index in [-0.39, 0.29) is 11.7 Å². The molecular weight excluding hydrogens is 294 g/mol. The molecule has 5 N–H and O–H groups in total. The van der Waals surface area contributed by atoms with Crippen LogP contribution in [0.2, 0.25) is 0 Å². The Kier molecular flexibility index (Phi) is 4.65. The number of benzene rings is 1. The van der Waals surface area contributed by atoms with Crippen molar-refractivity contribution in [2.45, 2.75) is 4.90 Å². The number of nitrogens with one attached hydrogen (secondary N) is 1. The van der Waals surface area contributed by atoms with Crippen molar-refractivity contribution in [2.75, 3.05) is 16.8 Å². The predicted molar refractivity (Wildman–Crippen MR) is 83.0 cm³/mol. The number of primary amides is 1. The number of anilines is 2. The summed E-state index contributed by atoms with van der Waals surface area (Å²) in [6.45, 7) is 0. The third-order valence-corrected chi connectivity index (χ3v) is 4.24. The van der Waals surface area contributed by atoms with E-state index in [4.69, 9.17) is 11.5 Å². The van der Waals surface area contributed by atoms with Crippen molar-refractivity contribution in [1.82, 2.24) is 0 Å². The van der Waals surface area contributed by atoms with Crippen LogP contribution in [0.1, 0.15) is 10.4 Å². The van der Waals surface area contributed by atoms with Gasteiger partial charge >= 0.3 is 0 Å². The monoisotopic (exact) mass is 307 g/mol. The lowest BCUT2D eigenvalue weighted by Crippen LogP contribution is -2.17. The maximum absolute atomic E-state index is 11.8. The molecule has 0 unspecified atom stereocenters. The Morgan fingerprint density at radius 3 is 2.80 bits per heavy atom. The van der Waals surface area contributed by atoms with E-state index in [2.05, 4.69) is 5.32 Å². The fraction of sp³-hybridized carbons (Fsp3) is 0.0769. The van der Waals surface area contributed by atoms with E-state index in [0.29, 0.717) is 16.3 Å². The number of rotatable bonds is 5. The van der Waals surface area contributed by atoms with Crippen molar-refractivity contribution >= 4 is 45.6 Å². The summed E-state index contributed by atoms with van der Waals surface area (Å²) in [6, 6.07) is 8.90. The minimum Gasteiger partial charge on any atom is -0.399 e. The van der Waals surface area contributed by atoms with Gasteiger partial charge in [0.2, 0.25) is 5.91 Å². The van der Waals surface area contributed by atoms with Gasteiger partial charge in [-0.15, -0.1) is 23.1 Å². The second-order valence-electron chi connectivity index (χ2n) is 3.94. The summed E-state index contributed by atoms with van der Waals surface area (Å²) < 4.78 is 0. The molecule has 1 aromatic heterocycles. The van der Waals surface area contributed by atoms with Crippen LogP contribution in [0.15, 0.2) is 40.6 Å².